The van der Waals surface area contributed by atoms with Crippen LogP contribution in [0.3, 0.4) is 0 Å². The average Bonchev–Trinajstić information content (AvgIpc) is 3.42. The van der Waals surface area contributed by atoms with Gasteiger partial charge in [0.15, 0.2) is 0 Å². The van der Waals surface area contributed by atoms with E-state index in [0.29, 0.717) is 36.5 Å². The molecule has 3 aromatic rings. The van der Waals surface area contributed by atoms with Crippen molar-refractivity contribution in [2.45, 2.75) is 31.9 Å². The summed E-state index contributed by atoms with van der Waals surface area (Å²) in [6.45, 7) is 0.804. The Morgan fingerprint density at radius 2 is 2.18 bits per heavy atom. The monoisotopic (exact) mass is 391 g/mol. The Morgan fingerprint density at radius 3 is 2.86 bits per heavy atom. The van der Waals surface area contributed by atoms with E-state index in [-0.39, 0.29) is 11.9 Å². The van der Waals surface area contributed by atoms with Crippen LogP contribution in [0, 0.1) is 0 Å². The first-order chi connectivity index (χ1) is 13.5. The van der Waals surface area contributed by atoms with E-state index in [9.17, 15) is 18.7 Å². The van der Waals surface area contributed by atoms with Gasteiger partial charge in [0.25, 0.3) is 5.89 Å². The number of amides is 1. The summed E-state index contributed by atoms with van der Waals surface area (Å²) in [5, 5.41) is 24.2. The molecule has 4 rings (SSSR count). The van der Waals surface area contributed by atoms with Crippen molar-refractivity contribution in [3.63, 3.8) is 0 Å². The SMILES string of the molecule is O=C(O)N1CCC[C@H]1c1cn(Cc2ccc(-c3nnc(C(F)F)o3)cn2)nn1. The molecule has 0 bridgehead atoms. The largest absolute Gasteiger partial charge is 0.465 e. The van der Waals surface area contributed by atoms with Crippen molar-refractivity contribution in [3.8, 4) is 11.5 Å². The Bertz CT molecular complexity index is 973. The zero-order chi connectivity index (χ0) is 19.7. The second kappa shape index (κ2) is 7.29. The number of hydrogen-bond donors (Lipinski definition) is 1. The second-order valence-electron chi connectivity index (χ2n) is 6.26. The number of alkyl halides is 2. The van der Waals surface area contributed by atoms with E-state index < -0.39 is 18.4 Å². The number of aromatic nitrogens is 6. The molecule has 1 N–H and O–H groups in total. The lowest BCUT2D eigenvalue weighted by atomic mass is 10.2. The Kier molecular flexibility index (Phi) is 4.67. The summed E-state index contributed by atoms with van der Waals surface area (Å²) in [4.78, 5) is 16.9. The molecule has 1 amide bonds. The molecule has 28 heavy (non-hydrogen) atoms. The molecule has 1 atom stereocenters. The molecule has 1 aliphatic heterocycles. The molecule has 10 nitrogen and oxygen atoms in total. The lowest BCUT2D eigenvalue weighted by Crippen LogP contribution is -2.28. The topological polar surface area (TPSA) is 123 Å². The van der Waals surface area contributed by atoms with Gasteiger partial charge in [0, 0.05) is 12.7 Å². The zero-order valence-electron chi connectivity index (χ0n) is 14.4. The Morgan fingerprint density at radius 1 is 1.32 bits per heavy atom. The van der Waals surface area contributed by atoms with Crippen LogP contribution in [0.2, 0.25) is 0 Å². The van der Waals surface area contributed by atoms with Crippen molar-refractivity contribution in [2.24, 2.45) is 0 Å². The first-order valence-electron chi connectivity index (χ1n) is 8.47. The van der Waals surface area contributed by atoms with Crippen molar-refractivity contribution in [3.05, 3.63) is 41.8 Å². The molecule has 1 aliphatic rings. The number of hydrogen-bond acceptors (Lipinski definition) is 7. The number of pyridine rings is 1. The highest BCUT2D eigenvalue weighted by molar-refractivity contribution is 5.66. The highest BCUT2D eigenvalue weighted by Gasteiger charge is 2.31. The van der Waals surface area contributed by atoms with Gasteiger partial charge >= 0.3 is 12.5 Å². The molecule has 0 unspecified atom stereocenters. The second-order valence-corrected chi connectivity index (χ2v) is 6.26. The number of rotatable bonds is 5. The maximum absolute atomic E-state index is 12.5. The lowest BCUT2D eigenvalue weighted by Gasteiger charge is -2.18. The van der Waals surface area contributed by atoms with Gasteiger partial charge in [-0.3, -0.25) is 9.88 Å². The fourth-order valence-corrected chi connectivity index (χ4v) is 3.10. The molecule has 12 heteroatoms. The fourth-order valence-electron chi connectivity index (χ4n) is 3.10. The van der Waals surface area contributed by atoms with Gasteiger partial charge in [-0.25, -0.2) is 9.48 Å². The van der Waals surface area contributed by atoms with Crippen molar-refractivity contribution in [2.75, 3.05) is 6.54 Å². The highest BCUT2D eigenvalue weighted by atomic mass is 19.3. The molecule has 0 aromatic carbocycles. The number of carboxylic acid groups (broad SMARTS) is 1. The van der Waals surface area contributed by atoms with Gasteiger partial charge in [0.2, 0.25) is 5.89 Å². The number of halogens is 2. The molecule has 1 saturated heterocycles. The molecular weight excluding hydrogens is 376 g/mol. The van der Waals surface area contributed by atoms with Crippen LogP contribution >= 0.6 is 0 Å². The van der Waals surface area contributed by atoms with E-state index in [2.05, 4.69) is 25.5 Å². The molecule has 0 spiro atoms. The zero-order valence-corrected chi connectivity index (χ0v) is 14.4. The highest BCUT2D eigenvalue weighted by Crippen LogP contribution is 2.30. The van der Waals surface area contributed by atoms with Crippen LogP contribution in [0.4, 0.5) is 13.6 Å². The van der Waals surface area contributed by atoms with Crippen molar-refractivity contribution in [1.29, 1.82) is 0 Å². The van der Waals surface area contributed by atoms with Crippen LogP contribution in [0.5, 0.6) is 0 Å². The maximum Gasteiger partial charge on any atom is 0.407 e. The average molecular weight is 391 g/mol. The Balaban J connectivity index is 1.45. The van der Waals surface area contributed by atoms with E-state index in [1.807, 2.05) is 0 Å². The molecule has 0 saturated carbocycles. The molecule has 3 aromatic heterocycles. The summed E-state index contributed by atoms with van der Waals surface area (Å²) in [5.74, 6) is -0.774. The maximum atomic E-state index is 12.5. The van der Waals surface area contributed by atoms with Gasteiger partial charge in [0.1, 0.15) is 5.69 Å². The molecule has 146 valence electrons. The predicted molar refractivity (Wildman–Crippen MR) is 88.3 cm³/mol. The number of carbonyl (C=O) groups is 1. The molecule has 1 fully saturated rings. The minimum atomic E-state index is -2.83. The minimum absolute atomic E-state index is 0.0348. The van der Waals surface area contributed by atoms with Gasteiger partial charge in [-0.1, -0.05) is 5.21 Å². The molecule has 0 radical (unpaired) electrons. The third kappa shape index (κ3) is 3.52. The molecule has 0 aliphatic carbocycles. The van der Waals surface area contributed by atoms with Crippen molar-refractivity contribution in [1.82, 2.24) is 35.1 Å². The summed E-state index contributed by atoms with van der Waals surface area (Å²) in [7, 11) is 0. The summed E-state index contributed by atoms with van der Waals surface area (Å²) < 4.78 is 31.5. The molecule has 4 heterocycles. The van der Waals surface area contributed by atoms with E-state index in [1.165, 1.54) is 11.1 Å². The number of nitrogens with zero attached hydrogens (tertiary/aromatic N) is 7. The minimum Gasteiger partial charge on any atom is -0.465 e. The van der Waals surface area contributed by atoms with Gasteiger partial charge in [-0.2, -0.15) is 8.78 Å². The van der Waals surface area contributed by atoms with E-state index in [0.717, 1.165) is 6.42 Å². The summed E-state index contributed by atoms with van der Waals surface area (Å²) in [6.07, 6.45) is 0.851. The van der Waals surface area contributed by atoms with Crippen LogP contribution in [-0.4, -0.2) is 52.8 Å². The smallest absolute Gasteiger partial charge is 0.407 e. The molecular formula is C16H15F2N7O3. The normalized spacial score (nSPS) is 16.8. The van der Waals surface area contributed by atoms with Gasteiger partial charge in [-0.05, 0) is 25.0 Å². The van der Waals surface area contributed by atoms with Crippen molar-refractivity contribution >= 4 is 6.09 Å². The lowest BCUT2D eigenvalue weighted by molar-refractivity contribution is 0.116. The summed E-state index contributed by atoms with van der Waals surface area (Å²) in [5.41, 5.74) is 1.67. The predicted octanol–water partition coefficient (Wildman–Crippen LogP) is 2.52. The summed E-state index contributed by atoms with van der Waals surface area (Å²) in [6, 6.07) is 3.02. The van der Waals surface area contributed by atoms with Crippen LogP contribution < -0.4 is 0 Å². The van der Waals surface area contributed by atoms with E-state index >= 15 is 0 Å². The van der Waals surface area contributed by atoms with Crippen molar-refractivity contribution < 1.29 is 23.1 Å². The van der Waals surface area contributed by atoms with Gasteiger partial charge in [-0.15, -0.1) is 15.3 Å². The Labute approximate surface area is 156 Å². The van der Waals surface area contributed by atoms with Crippen LogP contribution in [0.15, 0.2) is 28.9 Å². The third-order valence-corrected chi connectivity index (χ3v) is 4.42. The van der Waals surface area contributed by atoms with Crippen LogP contribution in [0.25, 0.3) is 11.5 Å². The van der Waals surface area contributed by atoms with Crippen LogP contribution in [-0.2, 0) is 6.54 Å². The standard InChI is InChI=1S/C16H15F2N7O3/c17-13(18)15-22-21-14(28-15)9-3-4-10(19-6-9)7-24-8-11(20-23-24)12-2-1-5-25(12)16(26)27/h3-4,6,8,12-13H,1-2,5,7H2,(H,26,27)/t12-/m0/s1. The quantitative estimate of drug-likeness (QED) is 0.704. The van der Waals surface area contributed by atoms with Gasteiger partial charge < -0.3 is 9.52 Å². The van der Waals surface area contributed by atoms with E-state index in [1.54, 1.807) is 23.0 Å². The third-order valence-electron chi connectivity index (χ3n) is 4.42. The van der Waals surface area contributed by atoms with E-state index in [4.69, 9.17) is 4.42 Å². The fraction of sp³-hybridized carbons (Fsp3) is 0.375. The van der Waals surface area contributed by atoms with Gasteiger partial charge in [0.05, 0.1) is 30.0 Å². The first-order valence-corrected chi connectivity index (χ1v) is 8.47. The van der Waals surface area contributed by atoms with Crippen LogP contribution in [0.1, 0.15) is 42.6 Å². The Hall–Kier alpha value is -3.44. The summed E-state index contributed by atoms with van der Waals surface area (Å²) >= 11 is 0. The number of likely N-dealkylation sites (tertiary alicyclic amines) is 1. The first kappa shape index (κ1) is 17.9.